The first-order chi connectivity index (χ1) is 7.84. The van der Waals surface area contributed by atoms with Gasteiger partial charge in [0.2, 0.25) is 0 Å². The molecule has 0 aromatic carbocycles. The quantitative estimate of drug-likeness (QED) is 0.829. The van der Waals surface area contributed by atoms with E-state index in [4.69, 9.17) is 0 Å². The van der Waals surface area contributed by atoms with Gasteiger partial charge in [-0.15, -0.1) is 0 Å². The van der Waals surface area contributed by atoms with E-state index in [-0.39, 0.29) is 5.91 Å². The van der Waals surface area contributed by atoms with Crippen LogP contribution < -0.4 is 5.32 Å². The average molecular weight is 255 g/mol. The fourth-order valence-electron chi connectivity index (χ4n) is 1.87. The molecule has 2 aliphatic heterocycles. The molecule has 1 fully saturated rings. The molecule has 3 heterocycles. The first-order valence-corrected chi connectivity index (χ1v) is 7.68. The van der Waals surface area contributed by atoms with Gasteiger partial charge in [-0.05, 0) is 12.2 Å². The van der Waals surface area contributed by atoms with E-state index in [0.29, 0.717) is 11.7 Å². The summed E-state index contributed by atoms with van der Waals surface area (Å²) in [7, 11) is 0. The van der Waals surface area contributed by atoms with Gasteiger partial charge in [-0.2, -0.15) is 28.6 Å². The second-order valence-corrected chi connectivity index (χ2v) is 6.22. The maximum atomic E-state index is 12.0. The van der Waals surface area contributed by atoms with Gasteiger partial charge < -0.3 is 5.32 Å². The first-order valence-electron chi connectivity index (χ1n) is 5.37. The number of thioether (sulfide) groups is 2. The van der Waals surface area contributed by atoms with Crippen molar-refractivity contribution in [3.05, 3.63) is 17.0 Å². The van der Waals surface area contributed by atoms with E-state index in [0.717, 1.165) is 40.7 Å². The van der Waals surface area contributed by atoms with Crippen molar-refractivity contribution in [2.75, 3.05) is 17.3 Å². The van der Waals surface area contributed by atoms with Crippen LogP contribution in [0.1, 0.15) is 21.7 Å². The lowest BCUT2D eigenvalue weighted by Crippen LogP contribution is -2.44. The van der Waals surface area contributed by atoms with Gasteiger partial charge >= 0.3 is 0 Å². The van der Waals surface area contributed by atoms with Crippen LogP contribution in [0.5, 0.6) is 0 Å². The van der Waals surface area contributed by atoms with Crippen molar-refractivity contribution in [3.63, 3.8) is 0 Å². The summed E-state index contributed by atoms with van der Waals surface area (Å²) in [5.41, 5.74) is 2.87. The minimum Gasteiger partial charge on any atom is -0.346 e. The smallest absolute Gasteiger partial charge is 0.272 e. The van der Waals surface area contributed by atoms with Crippen molar-refractivity contribution >= 4 is 29.4 Å². The minimum atomic E-state index is -0.00898. The van der Waals surface area contributed by atoms with E-state index in [1.807, 2.05) is 23.5 Å². The molecule has 2 aliphatic rings. The van der Waals surface area contributed by atoms with Crippen LogP contribution in [0.3, 0.4) is 0 Å². The molecular formula is C10H13N3OS2. The fraction of sp³-hybridized carbons (Fsp3) is 0.600. The van der Waals surface area contributed by atoms with E-state index in [9.17, 15) is 4.79 Å². The number of nitrogens with one attached hydrogen (secondary N) is 2. The molecule has 2 N–H and O–H groups in total. The van der Waals surface area contributed by atoms with Crippen molar-refractivity contribution in [1.29, 1.82) is 0 Å². The van der Waals surface area contributed by atoms with Gasteiger partial charge in [-0.3, -0.25) is 9.89 Å². The molecule has 1 aromatic rings. The summed E-state index contributed by atoms with van der Waals surface area (Å²) in [6, 6.07) is 0.348. The lowest BCUT2D eigenvalue weighted by Gasteiger charge is -2.25. The summed E-state index contributed by atoms with van der Waals surface area (Å²) < 4.78 is 0. The minimum absolute atomic E-state index is 0.00898. The van der Waals surface area contributed by atoms with E-state index >= 15 is 0 Å². The lowest BCUT2D eigenvalue weighted by molar-refractivity contribution is 0.0937. The highest BCUT2D eigenvalue weighted by Crippen LogP contribution is 2.26. The fourth-order valence-corrected chi connectivity index (χ4v) is 3.52. The summed E-state index contributed by atoms with van der Waals surface area (Å²) in [5.74, 6) is 4.09. The third-order valence-corrected chi connectivity index (χ3v) is 5.15. The number of aryl methyl sites for hydroxylation is 1. The molecule has 0 aliphatic carbocycles. The number of carbonyl (C=O) groups excluding carboxylic acids is 1. The number of nitrogens with zero attached hydrogens (tertiary/aromatic N) is 1. The van der Waals surface area contributed by atoms with Crippen LogP contribution in [0.2, 0.25) is 0 Å². The third kappa shape index (κ3) is 1.84. The Kier molecular flexibility index (Phi) is 2.85. The molecule has 0 spiro atoms. The molecule has 0 bridgehead atoms. The molecule has 3 rings (SSSR count). The Morgan fingerprint density at radius 3 is 3.06 bits per heavy atom. The van der Waals surface area contributed by atoms with Crippen LogP contribution in [0, 0.1) is 0 Å². The van der Waals surface area contributed by atoms with E-state index in [1.165, 1.54) is 0 Å². The second-order valence-electron chi connectivity index (χ2n) is 4.04. The van der Waals surface area contributed by atoms with Crippen molar-refractivity contribution < 1.29 is 4.79 Å². The second kappa shape index (κ2) is 4.33. The summed E-state index contributed by atoms with van der Waals surface area (Å²) in [5, 5.41) is 10.2. The number of carbonyl (C=O) groups is 1. The zero-order chi connectivity index (χ0) is 11.0. The Hall–Kier alpha value is -0.620. The van der Waals surface area contributed by atoms with Crippen molar-refractivity contribution in [2.45, 2.75) is 18.2 Å². The van der Waals surface area contributed by atoms with Crippen molar-refractivity contribution in [2.24, 2.45) is 0 Å². The Morgan fingerprint density at radius 2 is 2.31 bits per heavy atom. The predicted molar refractivity (Wildman–Crippen MR) is 67.0 cm³/mol. The average Bonchev–Trinajstić information content (AvgIpc) is 2.67. The lowest BCUT2D eigenvalue weighted by atomic mass is 10.1. The Bertz CT molecular complexity index is 414. The number of fused-ring (bicyclic) bond motifs is 1. The number of amides is 1. The highest BCUT2D eigenvalue weighted by atomic mass is 32.2. The van der Waals surface area contributed by atoms with Crippen molar-refractivity contribution in [3.8, 4) is 0 Å². The molecule has 6 heteroatoms. The van der Waals surface area contributed by atoms with Gasteiger partial charge in [0, 0.05) is 34.6 Å². The molecular weight excluding hydrogens is 242 g/mol. The molecule has 0 atom stereocenters. The largest absolute Gasteiger partial charge is 0.346 e. The Balaban J connectivity index is 1.77. The number of aromatic amines is 1. The Labute approximate surface area is 102 Å². The monoisotopic (exact) mass is 255 g/mol. The van der Waals surface area contributed by atoms with E-state index in [1.54, 1.807) is 0 Å². The standard InChI is InChI=1S/C10H13N3OS2/c14-10(11-6-3-16-4-6)9-7-5-15-2-1-8(7)12-13-9/h6H,1-5H2,(H,11,14)(H,12,13). The van der Waals surface area contributed by atoms with Gasteiger partial charge in [0.05, 0.1) is 0 Å². The number of aromatic nitrogens is 2. The normalized spacial score (nSPS) is 20.0. The van der Waals surface area contributed by atoms with E-state index < -0.39 is 0 Å². The van der Waals surface area contributed by atoms with Gasteiger partial charge in [-0.1, -0.05) is 0 Å². The van der Waals surface area contributed by atoms with Gasteiger partial charge in [0.25, 0.3) is 5.91 Å². The third-order valence-electron chi connectivity index (χ3n) is 2.88. The molecule has 1 aromatic heterocycles. The molecule has 86 valence electrons. The van der Waals surface area contributed by atoms with Gasteiger partial charge in [0.1, 0.15) is 0 Å². The Morgan fingerprint density at radius 1 is 1.44 bits per heavy atom. The molecule has 16 heavy (non-hydrogen) atoms. The van der Waals surface area contributed by atoms with Crippen LogP contribution in [0.25, 0.3) is 0 Å². The first kappa shape index (κ1) is 10.5. The molecule has 1 saturated heterocycles. The zero-order valence-electron chi connectivity index (χ0n) is 8.78. The summed E-state index contributed by atoms with van der Waals surface area (Å²) >= 11 is 3.73. The van der Waals surface area contributed by atoms with Crippen LogP contribution >= 0.6 is 23.5 Å². The number of hydrogen-bond donors (Lipinski definition) is 2. The van der Waals surface area contributed by atoms with Gasteiger partial charge in [0.15, 0.2) is 5.69 Å². The van der Waals surface area contributed by atoms with Crippen LogP contribution in [-0.2, 0) is 12.2 Å². The summed E-state index contributed by atoms with van der Waals surface area (Å²) in [4.78, 5) is 12.0. The predicted octanol–water partition coefficient (Wildman–Crippen LogP) is 1.04. The maximum absolute atomic E-state index is 12.0. The molecule has 0 saturated carbocycles. The van der Waals surface area contributed by atoms with Crippen LogP contribution in [0.4, 0.5) is 0 Å². The summed E-state index contributed by atoms with van der Waals surface area (Å²) in [6.07, 6.45) is 1.000. The SMILES string of the molecule is O=C(NC1CSC1)c1n[nH]c2c1CSCC2. The van der Waals surface area contributed by atoms with Gasteiger partial charge in [-0.25, -0.2) is 0 Å². The molecule has 4 nitrogen and oxygen atoms in total. The molecule has 0 unspecified atom stereocenters. The highest BCUT2D eigenvalue weighted by Gasteiger charge is 2.26. The summed E-state index contributed by atoms with van der Waals surface area (Å²) in [6.45, 7) is 0. The highest BCUT2D eigenvalue weighted by molar-refractivity contribution is 8.00. The number of H-pyrrole nitrogens is 1. The maximum Gasteiger partial charge on any atom is 0.272 e. The number of hydrogen-bond acceptors (Lipinski definition) is 4. The topological polar surface area (TPSA) is 57.8 Å². The van der Waals surface area contributed by atoms with Crippen LogP contribution in [0.15, 0.2) is 0 Å². The molecule has 0 radical (unpaired) electrons. The molecule has 1 amide bonds. The van der Waals surface area contributed by atoms with E-state index in [2.05, 4.69) is 15.5 Å². The van der Waals surface area contributed by atoms with Crippen molar-refractivity contribution in [1.82, 2.24) is 15.5 Å². The van der Waals surface area contributed by atoms with Crippen LogP contribution in [-0.4, -0.2) is 39.4 Å². The zero-order valence-corrected chi connectivity index (χ0v) is 10.4. The number of rotatable bonds is 2.